The molecule has 0 nitrogen and oxygen atoms in total. The largest absolute Gasteiger partial charge is 0.175 e. The molecule has 0 aliphatic rings. The lowest BCUT2D eigenvalue weighted by Gasteiger charge is -2.21. The fourth-order valence-electron chi connectivity index (χ4n) is 2.37. The van der Waals surface area contributed by atoms with Gasteiger partial charge < -0.3 is 0 Å². The van der Waals surface area contributed by atoms with Crippen molar-refractivity contribution in [2.75, 3.05) is 5.75 Å². The number of benzene rings is 1. The highest BCUT2D eigenvalue weighted by atomic mass is 32.1. The maximum atomic E-state index is 4.29. The quantitative estimate of drug-likeness (QED) is 0.626. The highest BCUT2D eigenvalue weighted by Crippen LogP contribution is 2.32. The first kappa shape index (κ1) is 16.4. The third-order valence-corrected chi connectivity index (χ3v) is 3.78. The molecule has 0 amide bonds. The van der Waals surface area contributed by atoms with E-state index < -0.39 is 0 Å². The van der Waals surface area contributed by atoms with Crippen molar-refractivity contribution in [1.29, 1.82) is 0 Å². The molecule has 0 radical (unpaired) electrons. The van der Waals surface area contributed by atoms with E-state index in [9.17, 15) is 0 Å². The van der Waals surface area contributed by atoms with E-state index in [1.165, 1.54) is 22.3 Å². The van der Waals surface area contributed by atoms with Gasteiger partial charge in [0.25, 0.3) is 0 Å². The minimum atomic E-state index is 0.552. The number of rotatable bonds is 5. The fourth-order valence-corrected chi connectivity index (χ4v) is 2.48. The Morgan fingerprint density at radius 2 is 1.37 bits per heavy atom. The standard InChI is InChI=1S/C18H28S/c1-12(2)15-10-17(13(3)4)16(8-7-9-19)18(11-15)14(5)6/h7-8,10-14,19H,9H2,1-6H3. The Morgan fingerprint density at radius 3 is 1.68 bits per heavy atom. The van der Waals surface area contributed by atoms with Gasteiger partial charge in [0.2, 0.25) is 0 Å². The van der Waals surface area contributed by atoms with Gasteiger partial charge in [-0.05, 0) is 40.0 Å². The van der Waals surface area contributed by atoms with Crippen LogP contribution in [-0.2, 0) is 0 Å². The molecule has 1 aromatic carbocycles. The van der Waals surface area contributed by atoms with Gasteiger partial charge in [-0.15, -0.1) is 0 Å². The average Bonchev–Trinajstić information content (AvgIpc) is 2.34. The lowest BCUT2D eigenvalue weighted by molar-refractivity contribution is 0.801. The van der Waals surface area contributed by atoms with Crippen LogP contribution in [0.1, 0.15) is 81.5 Å². The number of thiol groups is 1. The summed E-state index contributed by atoms with van der Waals surface area (Å²) in [5.41, 5.74) is 5.79. The first-order valence-corrected chi connectivity index (χ1v) is 7.96. The van der Waals surface area contributed by atoms with Gasteiger partial charge in [-0.25, -0.2) is 0 Å². The molecule has 0 saturated carbocycles. The number of hydrogen-bond donors (Lipinski definition) is 1. The molecule has 0 fully saturated rings. The maximum Gasteiger partial charge on any atom is 0.00858 e. The third-order valence-electron chi connectivity index (χ3n) is 3.57. The van der Waals surface area contributed by atoms with Crippen LogP contribution < -0.4 is 0 Å². The van der Waals surface area contributed by atoms with Crippen LogP contribution in [0, 0.1) is 0 Å². The van der Waals surface area contributed by atoms with Gasteiger partial charge in [0.15, 0.2) is 0 Å². The van der Waals surface area contributed by atoms with Crippen LogP contribution in [-0.4, -0.2) is 5.75 Å². The first-order chi connectivity index (χ1) is 8.88. The van der Waals surface area contributed by atoms with Crippen LogP contribution in [0.2, 0.25) is 0 Å². The molecule has 0 aliphatic carbocycles. The predicted octanol–water partition coefficient (Wildman–Crippen LogP) is 6.00. The lowest BCUT2D eigenvalue weighted by Crippen LogP contribution is -2.03. The molecule has 0 bridgehead atoms. The van der Waals surface area contributed by atoms with Crippen molar-refractivity contribution >= 4 is 18.7 Å². The molecular formula is C18H28S. The molecule has 1 rings (SSSR count). The smallest absolute Gasteiger partial charge is 0.00858 e. The van der Waals surface area contributed by atoms with Gasteiger partial charge in [0.05, 0.1) is 0 Å². The van der Waals surface area contributed by atoms with Crippen LogP contribution in [0.3, 0.4) is 0 Å². The van der Waals surface area contributed by atoms with E-state index in [2.05, 4.69) is 78.5 Å². The van der Waals surface area contributed by atoms with E-state index in [-0.39, 0.29) is 0 Å². The third kappa shape index (κ3) is 4.14. The van der Waals surface area contributed by atoms with Gasteiger partial charge in [0.1, 0.15) is 0 Å². The van der Waals surface area contributed by atoms with Crippen molar-refractivity contribution in [3.8, 4) is 0 Å². The van der Waals surface area contributed by atoms with Crippen molar-refractivity contribution in [3.05, 3.63) is 40.5 Å². The van der Waals surface area contributed by atoms with Crippen molar-refractivity contribution in [2.24, 2.45) is 0 Å². The molecule has 0 N–H and O–H groups in total. The Bertz CT molecular complexity index is 410. The van der Waals surface area contributed by atoms with Crippen LogP contribution >= 0.6 is 12.6 Å². The normalized spacial score (nSPS) is 12.3. The zero-order valence-electron chi connectivity index (χ0n) is 13.2. The Morgan fingerprint density at radius 1 is 0.895 bits per heavy atom. The van der Waals surface area contributed by atoms with E-state index in [0.29, 0.717) is 17.8 Å². The van der Waals surface area contributed by atoms with Gasteiger partial charge in [-0.2, -0.15) is 12.6 Å². The van der Waals surface area contributed by atoms with Crippen molar-refractivity contribution in [3.63, 3.8) is 0 Å². The van der Waals surface area contributed by atoms with E-state index in [1.807, 2.05) is 0 Å². The molecular weight excluding hydrogens is 248 g/mol. The molecule has 106 valence electrons. The summed E-state index contributed by atoms with van der Waals surface area (Å²) in [6.07, 6.45) is 4.40. The van der Waals surface area contributed by atoms with E-state index in [4.69, 9.17) is 0 Å². The fraction of sp³-hybridized carbons (Fsp3) is 0.556. The second-order valence-corrected chi connectivity index (χ2v) is 6.53. The summed E-state index contributed by atoms with van der Waals surface area (Å²) in [6, 6.07) is 4.78. The van der Waals surface area contributed by atoms with Gasteiger partial charge in [-0.3, -0.25) is 0 Å². The summed E-state index contributed by atoms with van der Waals surface area (Å²) in [5.74, 6) is 2.48. The minimum absolute atomic E-state index is 0.552. The molecule has 0 aromatic heterocycles. The monoisotopic (exact) mass is 276 g/mol. The zero-order valence-corrected chi connectivity index (χ0v) is 14.1. The molecule has 0 unspecified atom stereocenters. The van der Waals surface area contributed by atoms with Crippen LogP contribution in [0.15, 0.2) is 18.2 Å². The Kier molecular flexibility index (Phi) is 6.19. The van der Waals surface area contributed by atoms with Gasteiger partial charge >= 0.3 is 0 Å². The van der Waals surface area contributed by atoms with Crippen LogP contribution in [0.25, 0.3) is 6.08 Å². The Balaban J connectivity index is 3.51. The minimum Gasteiger partial charge on any atom is -0.175 e. The van der Waals surface area contributed by atoms with Gasteiger partial charge in [-0.1, -0.05) is 65.8 Å². The maximum absolute atomic E-state index is 4.29. The highest BCUT2D eigenvalue weighted by Gasteiger charge is 2.15. The van der Waals surface area contributed by atoms with Crippen molar-refractivity contribution in [2.45, 2.75) is 59.3 Å². The predicted molar refractivity (Wildman–Crippen MR) is 91.6 cm³/mol. The molecule has 19 heavy (non-hydrogen) atoms. The van der Waals surface area contributed by atoms with Crippen molar-refractivity contribution < 1.29 is 0 Å². The second kappa shape index (κ2) is 7.19. The number of hydrogen-bond acceptors (Lipinski definition) is 1. The molecule has 0 saturated heterocycles. The summed E-state index contributed by atoms with van der Waals surface area (Å²) in [5, 5.41) is 0. The Labute approximate surface area is 124 Å². The molecule has 0 spiro atoms. The van der Waals surface area contributed by atoms with Crippen molar-refractivity contribution in [1.82, 2.24) is 0 Å². The molecule has 0 heterocycles. The van der Waals surface area contributed by atoms with E-state index in [0.717, 1.165) is 5.75 Å². The van der Waals surface area contributed by atoms with Crippen LogP contribution in [0.4, 0.5) is 0 Å². The highest BCUT2D eigenvalue weighted by molar-refractivity contribution is 7.80. The summed E-state index contributed by atoms with van der Waals surface area (Å²) in [6.45, 7) is 13.7. The van der Waals surface area contributed by atoms with Gasteiger partial charge in [0, 0.05) is 5.75 Å². The zero-order chi connectivity index (χ0) is 14.6. The molecule has 1 aromatic rings. The molecule has 0 atom stereocenters. The SMILES string of the molecule is CC(C)c1cc(C(C)C)c(C=CCS)c(C(C)C)c1. The van der Waals surface area contributed by atoms with E-state index >= 15 is 0 Å². The summed E-state index contributed by atoms with van der Waals surface area (Å²) >= 11 is 4.29. The van der Waals surface area contributed by atoms with E-state index in [1.54, 1.807) is 0 Å². The van der Waals surface area contributed by atoms with Crippen LogP contribution in [0.5, 0.6) is 0 Å². The summed E-state index contributed by atoms with van der Waals surface area (Å²) in [4.78, 5) is 0. The summed E-state index contributed by atoms with van der Waals surface area (Å²) < 4.78 is 0. The lowest BCUT2D eigenvalue weighted by atomic mass is 9.84. The first-order valence-electron chi connectivity index (χ1n) is 7.33. The second-order valence-electron chi connectivity index (χ2n) is 6.16. The Hall–Kier alpha value is -0.690. The topological polar surface area (TPSA) is 0 Å². The molecule has 1 heteroatoms. The molecule has 0 aliphatic heterocycles. The summed E-state index contributed by atoms with van der Waals surface area (Å²) in [7, 11) is 0. The average molecular weight is 276 g/mol.